The van der Waals surface area contributed by atoms with Gasteiger partial charge < -0.3 is 10.5 Å². The summed E-state index contributed by atoms with van der Waals surface area (Å²) in [5.74, 6) is 0.754. The molecule has 0 aliphatic rings. The molecular weight excluding hydrogens is 176 g/mol. The molecule has 14 heavy (non-hydrogen) atoms. The van der Waals surface area contributed by atoms with Gasteiger partial charge in [0.15, 0.2) is 0 Å². The lowest BCUT2D eigenvalue weighted by molar-refractivity contribution is 0.192. The molecule has 0 aliphatic carbocycles. The lowest BCUT2D eigenvalue weighted by Crippen LogP contribution is -2.29. The molecule has 3 heteroatoms. The van der Waals surface area contributed by atoms with Gasteiger partial charge >= 0.3 is 0 Å². The quantitative estimate of drug-likeness (QED) is 0.406. The Morgan fingerprint density at radius 1 is 1.21 bits per heavy atom. The normalized spacial score (nSPS) is 13.3. The van der Waals surface area contributed by atoms with Gasteiger partial charge in [-0.1, -0.05) is 20.8 Å². The molecule has 0 heterocycles. The van der Waals surface area contributed by atoms with Crippen molar-refractivity contribution in [3.8, 4) is 0 Å². The minimum absolute atomic E-state index is 0.00648. The van der Waals surface area contributed by atoms with Crippen LogP contribution < -0.4 is 5.73 Å². The van der Waals surface area contributed by atoms with Crippen LogP contribution in [-0.4, -0.2) is 26.1 Å². The summed E-state index contributed by atoms with van der Waals surface area (Å²) < 4.78 is 4.96. The maximum absolute atomic E-state index is 5.82. The van der Waals surface area contributed by atoms with Crippen LogP contribution in [0, 0.1) is 5.41 Å². The fraction of sp³-hybridized carbons (Fsp3) is 0.909. The van der Waals surface area contributed by atoms with Gasteiger partial charge in [0.05, 0.1) is 5.84 Å². The highest BCUT2D eigenvalue weighted by Crippen LogP contribution is 2.12. The first-order valence-corrected chi connectivity index (χ1v) is 5.28. The second-order valence-electron chi connectivity index (χ2n) is 4.57. The van der Waals surface area contributed by atoms with E-state index in [1.807, 2.05) is 0 Å². The molecule has 0 aromatic rings. The summed E-state index contributed by atoms with van der Waals surface area (Å²) in [5.41, 5.74) is 5.82. The van der Waals surface area contributed by atoms with Crippen molar-refractivity contribution in [1.29, 1.82) is 0 Å². The number of hydrogen-bond donors (Lipinski definition) is 1. The standard InChI is InChI=1S/C11H24N2O/c1-11(2,3)10(12)13-8-6-5-7-9-14-4/h5-9H2,1-4H3,(H2,12,13). The van der Waals surface area contributed by atoms with Gasteiger partial charge in [-0.2, -0.15) is 0 Å². The van der Waals surface area contributed by atoms with Gasteiger partial charge in [0.2, 0.25) is 0 Å². The SMILES string of the molecule is COCCCCCN=C(N)C(C)(C)C. The molecule has 3 nitrogen and oxygen atoms in total. The van der Waals surface area contributed by atoms with Crippen LogP contribution in [0.2, 0.25) is 0 Å². The van der Waals surface area contributed by atoms with E-state index in [9.17, 15) is 0 Å². The predicted octanol–water partition coefficient (Wildman–Crippen LogP) is 2.21. The number of ether oxygens (including phenoxy) is 1. The van der Waals surface area contributed by atoms with Crippen LogP contribution in [0.25, 0.3) is 0 Å². The number of aliphatic imine (C=N–C) groups is 1. The summed E-state index contributed by atoms with van der Waals surface area (Å²) in [7, 11) is 1.73. The first-order valence-electron chi connectivity index (χ1n) is 5.28. The minimum atomic E-state index is 0.00648. The second-order valence-corrected chi connectivity index (χ2v) is 4.57. The molecular formula is C11H24N2O. The summed E-state index contributed by atoms with van der Waals surface area (Å²) in [6.45, 7) is 7.93. The maximum atomic E-state index is 5.82. The first kappa shape index (κ1) is 13.4. The summed E-state index contributed by atoms with van der Waals surface area (Å²) >= 11 is 0. The number of hydrogen-bond acceptors (Lipinski definition) is 2. The number of methoxy groups -OCH3 is 1. The topological polar surface area (TPSA) is 47.6 Å². The zero-order valence-corrected chi connectivity index (χ0v) is 9.97. The highest BCUT2D eigenvalue weighted by atomic mass is 16.5. The van der Waals surface area contributed by atoms with Gasteiger partial charge in [0.1, 0.15) is 0 Å². The molecule has 0 atom stereocenters. The predicted molar refractivity (Wildman–Crippen MR) is 61.7 cm³/mol. The smallest absolute Gasteiger partial charge is 0.0991 e. The third-order valence-electron chi connectivity index (χ3n) is 2.06. The molecule has 0 radical (unpaired) electrons. The molecule has 0 rings (SSSR count). The van der Waals surface area contributed by atoms with Crippen LogP contribution in [0.5, 0.6) is 0 Å². The molecule has 0 aromatic heterocycles. The van der Waals surface area contributed by atoms with E-state index in [4.69, 9.17) is 10.5 Å². The zero-order valence-electron chi connectivity index (χ0n) is 9.97. The summed E-state index contributed by atoms with van der Waals surface area (Å²) in [6, 6.07) is 0. The molecule has 0 saturated heterocycles. The Morgan fingerprint density at radius 3 is 2.36 bits per heavy atom. The van der Waals surface area contributed by atoms with Crippen molar-refractivity contribution >= 4 is 5.84 Å². The van der Waals surface area contributed by atoms with E-state index in [1.54, 1.807) is 7.11 Å². The van der Waals surface area contributed by atoms with E-state index < -0.39 is 0 Å². The maximum Gasteiger partial charge on any atom is 0.0991 e. The van der Waals surface area contributed by atoms with E-state index >= 15 is 0 Å². The first-order chi connectivity index (χ1) is 6.48. The fourth-order valence-electron chi connectivity index (χ4n) is 0.972. The Kier molecular flexibility index (Phi) is 6.54. The number of amidine groups is 1. The fourth-order valence-corrected chi connectivity index (χ4v) is 0.972. The molecule has 0 spiro atoms. The van der Waals surface area contributed by atoms with Gasteiger partial charge in [-0.3, -0.25) is 4.99 Å². The Labute approximate surface area is 87.7 Å². The lowest BCUT2D eigenvalue weighted by atomic mass is 9.95. The van der Waals surface area contributed by atoms with Crippen molar-refractivity contribution in [3.05, 3.63) is 0 Å². The third kappa shape index (κ3) is 6.89. The Hall–Kier alpha value is -0.570. The van der Waals surface area contributed by atoms with Gasteiger partial charge in [-0.05, 0) is 19.3 Å². The van der Waals surface area contributed by atoms with Crippen molar-refractivity contribution < 1.29 is 4.74 Å². The molecule has 2 N–H and O–H groups in total. The van der Waals surface area contributed by atoms with Crippen molar-refractivity contribution in [1.82, 2.24) is 0 Å². The summed E-state index contributed by atoms with van der Waals surface area (Å²) in [6.07, 6.45) is 3.37. The van der Waals surface area contributed by atoms with Gasteiger partial charge in [0, 0.05) is 25.7 Å². The van der Waals surface area contributed by atoms with Crippen LogP contribution in [0.4, 0.5) is 0 Å². The molecule has 0 amide bonds. The van der Waals surface area contributed by atoms with Crippen LogP contribution in [0.3, 0.4) is 0 Å². The molecule has 0 bridgehead atoms. The van der Waals surface area contributed by atoms with E-state index in [2.05, 4.69) is 25.8 Å². The number of unbranched alkanes of at least 4 members (excludes halogenated alkanes) is 2. The van der Waals surface area contributed by atoms with Crippen molar-refractivity contribution in [2.75, 3.05) is 20.3 Å². The lowest BCUT2D eigenvalue weighted by Gasteiger charge is -2.17. The molecule has 0 saturated carbocycles. The van der Waals surface area contributed by atoms with Crippen molar-refractivity contribution in [2.24, 2.45) is 16.1 Å². The Balaban J connectivity index is 3.52. The zero-order chi connectivity index (χ0) is 11.0. The van der Waals surface area contributed by atoms with Gasteiger partial charge in [-0.15, -0.1) is 0 Å². The summed E-state index contributed by atoms with van der Waals surface area (Å²) in [5, 5.41) is 0. The Morgan fingerprint density at radius 2 is 1.86 bits per heavy atom. The second kappa shape index (κ2) is 6.82. The van der Waals surface area contributed by atoms with E-state index in [0.29, 0.717) is 0 Å². The van der Waals surface area contributed by atoms with Crippen LogP contribution in [0.1, 0.15) is 40.0 Å². The van der Waals surface area contributed by atoms with E-state index in [0.717, 1.165) is 38.2 Å². The monoisotopic (exact) mass is 200 g/mol. The molecule has 84 valence electrons. The number of nitrogens with two attached hydrogens (primary N) is 1. The van der Waals surface area contributed by atoms with E-state index in [-0.39, 0.29) is 5.41 Å². The van der Waals surface area contributed by atoms with Gasteiger partial charge in [-0.25, -0.2) is 0 Å². The third-order valence-corrected chi connectivity index (χ3v) is 2.06. The number of rotatable bonds is 6. The highest BCUT2D eigenvalue weighted by molar-refractivity contribution is 5.85. The largest absolute Gasteiger partial charge is 0.387 e. The average molecular weight is 200 g/mol. The molecule has 0 aromatic carbocycles. The van der Waals surface area contributed by atoms with Gasteiger partial charge in [0.25, 0.3) is 0 Å². The van der Waals surface area contributed by atoms with Crippen molar-refractivity contribution in [3.63, 3.8) is 0 Å². The molecule has 0 unspecified atom stereocenters. The number of nitrogens with zero attached hydrogens (tertiary/aromatic N) is 1. The average Bonchev–Trinajstić information content (AvgIpc) is 2.09. The van der Waals surface area contributed by atoms with Crippen LogP contribution in [-0.2, 0) is 4.74 Å². The van der Waals surface area contributed by atoms with Crippen LogP contribution in [0.15, 0.2) is 4.99 Å². The minimum Gasteiger partial charge on any atom is -0.387 e. The van der Waals surface area contributed by atoms with E-state index in [1.165, 1.54) is 0 Å². The summed E-state index contributed by atoms with van der Waals surface area (Å²) in [4.78, 5) is 4.35. The molecule has 0 fully saturated rings. The Bertz CT molecular complexity index is 171. The molecule has 0 aliphatic heterocycles. The van der Waals surface area contributed by atoms with Crippen LogP contribution >= 0.6 is 0 Å². The van der Waals surface area contributed by atoms with Crippen molar-refractivity contribution in [2.45, 2.75) is 40.0 Å². The highest BCUT2D eigenvalue weighted by Gasteiger charge is 2.14.